The van der Waals surface area contributed by atoms with Gasteiger partial charge in [0, 0.05) is 19.6 Å². The van der Waals surface area contributed by atoms with Crippen LogP contribution in [0.4, 0.5) is 0 Å². The van der Waals surface area contributed by atoms with Crippen molar-refractivity contribution in [3.05, 3.63) is 0 Å². The molecule has 1 atom stereocenters. The van der Waals surface area contributed by atoms with Gasteiger partial charge in [-0.3, -0.25) is 4.90 Å². The first-order valence-electron chi connectivity index (χ1n) is 6.23. The highest BCUT2D eigenvalue weighted by Gasteiger charge is 2.37. The van der Waals surface area contributed by atoms with E-state index in [4.69, 9.17) is 4.74 Å². The predicted octanol–water partition coefficient (Wildman–Crippen LogP) is 2.20. The van der Waals surface area contributed by atoms with Gasteiger partial charge in [0.25, 0.3) is 0 Å². The second-order valence-electron chi connectivity index (χ2n) is 5.15. The second kappa shape index (κ2) is 5.07. The number of nitrogens with zero attached hydrogens (tertiary/aromatic N) is 1. The lowest BCUT2D eigenvalue weighted by Gasteiger charge is -2.46. The molecule has 1 saturated carbocycles. The van der Waals surface area contributed by atoms with Gasteiger partial charge in [-0.2, -0.15) is 12.6 Å². The molecule has 0 aromatic rings. The third-order valence-corrected chi connectivity index (χ3v) is 4.66. The van der Waals surface area contributed by atoms with Crippen molar-refractivity contribution in [1.29, 1.82) is 0 Å². The van der Waals surface area contributed by atoms with Crippen LogP contribution in [-0.2, 0) is 4.74 Å². The number of ether oxygens (including phenoxy) is 1. The number of hydrogen-bond acceptors (Lipinski definition) is 3. The molecule has 1 aliphatic carbocycles. The zero-order valence-corrected chi connectivity index (χ0v) is 10.6. The Hall–Kier alpha value is 0.270. The van der Waals surface area contributed by atoms with Crippen LogP contribution in [0, 0.1) is 5.41 Å². The van der Waals surface area contributed by atoms with Crippen molar-refractivity contribution in [2.24, 2.45) is 5.41 Å². The molecule has 0 spiro atoms. The molecule has 1 saturated heterocycles. The minimum Gasteiger partial charge on any atom is -0.376 e. The topological polar surface area (TPSA) is 12.5 Å². The summed E-state index contributed by atoms with van der Waals surface area (Å²) in [6.07, 6.45) is 5.78. The molecule has 2 aliphatic rings. The van der Waals surface area contributed by atoms with E-state index in [1.54, 1.807) is 0 Å². The Balaban J connectivity index is 1.82. The zero-order chi connectivity index (χ0) is 10.7. The van der Waals surface area contributed by atoms with Gasteiger partial charge in [0.2, 0.25) is 0 Å². The quantitative estimate of drug-likeness (QED) is 0.742. The van der Waals surface area contributed by atoms with Crippen LogP contribution in [0.2, 0.25) is 0 Å². The summed E-state index contributed by atoms with van der Waals surface area (Å²) in [6.45, 7) is 6.63. The van der Waals surface area contributed by atoms with E-state index in [1.807, 2.05) is 0 Å². The predicted molar refractivity (Wildman–Crippen MR) is 66.6 cm³/mol. The molecular formula is C12H23NOS. The molecule has 3 heteroatoms. The van der Waals surface area contributed by atoms with E-state index in [-0.39, 0.29) is 0 Å². The Bertz CT molecular complexity index is 200. The molecule has 1 heterocycles. The van der Waals surface area contributed by atoms with Crippen molar-refractivity contribution >= 4 is 12.6 Å². The maximum atomic E-state index is 5.70. The van der Waals surface area contributed by atoms with Crippen LogP contribution in [0.3, 0.4) is 0 Å². The first-order valence-corrected chi connectivity index (χ1v) is 6.86. The van der Waals surface area contributed by atoms with Crippen LogP contribution in [0.25, 0.3) is 0 Å². The van der Waals surface area contributed by atoms with Crippen LogP contribution >= 0.6 is 12.6 Å². The highest BCUT2D eigenvalue weighted by molar-refractivity contribution is 7.80. The lowest BCUT2D eigenvalue weighted by Crippen LogP contribution is -2.50. The van der Waals surface area contributed by atoms with E-state index in [9.17, 15) is 0 Å². The third-order valence-electron chi connectivity index (χ3n) is 3.99. The highest BCUT2D eigenvalue weighted by Crippen LogP contribution is 2.42. The number of hydrogen-bond donors (Lipinski definition) is 1. The fourth-order valence-corrected chi connectivity index (χ4v) is 3.10. The maximum Gasteiger partial charge on any atom is 0.0700 e. The standard InChI is InChI=1S/C12H23NOS/c1-2-11-8-13(6-7-14-11)9-12(10-15)4-3-5-12/h11,15H,2-10H2,1H3. The Morgan fingerprint density at radius 1 is 1.47 bits per heavy atom. The average molecular weight is 229 g/mol. The molecule has 1 unspecified atom stereocenters. The smallest absolute Gasteiger partial charge is 0.0700 e. The summed E-state index contributed by atoms with van der Waals surface area (Å²) >= 11 is 4.52. The normalized spacial score (nSPS) is 31.2. The monoisotopic (exact) mass is 229 g/mol. The van der Waals surface area contributed by atoms with Gasteiger partial charge in [0.15, 0.2) is 0 Å². The van der Waals surface area contributed by atoms with Crippen LogP contribution < -0.4 is 0 Å². The Morgan fingerprint density at radius 2 is 2.27 bits per heavy atom. The van der Waals surface area contributed by atoms with Crippen LogP contribution in [0.1, 0.15) is 32.6 Å². The van der Waals surface area contributed by atoms with Crippen molar-refractivity contribution in [2.75, 3.05) is 32.0 Å². The molecule has 0 N–H and O–H groups in total. The van der Waals surface area contributed by atoms with Gasteiger partial charge in [-0.15, -0.1) is 0 Å². The highest BCUT2D eigenvalue weighted by atomic mass is 32.1. The SMILES string of the molecule is CCC1CN(CC2(CS)CCC2)CCO1. The summed E-state index contributed by atoms with van der Waals surface area (Å²) in [5.74, 6) is 1.06. The molecule has 0 aromatic heterocycles. The molecular weight excluding hydrogens is 206 g/mol. The largest absolute Gasteiger partial charge is 0.376 e. The summed E-state index contributed by atoms with van der Waals surface area (Å²) in [5.41, 5.74) is 0.540. The van der Waals surface area contributed by atoms with Gasteiger partial charge in [-0.25, -0.2) is 0 Å². The number of morpholine rings is 1. The van der Waals surface area contributed by atoms with Gasteiger partial charge in [0.1, 0.15) is 0 Å². The van der Waals surface area contributed by atoms with Gasteiger partial charge < -0.3 is 4.74 Å². The summed E-state index contributed by atoms with van der Waals surface area (Å²) in [4.78, 5) is 2.59. The molecule has 15 heavy (non-hydrogen) atoms. The van der Waals surface area contributed by atoms with Gasteiger partial charge >= 0.3 is 0 Å². The van der Waals surface area contributed by atoms with Crippen LogP contribution in [0.15, 0.2) is 0 Å². The van der Waals surface area contributed by atoms with Crippen molar-refractivity contribution in [3.63, 3.8) is 0 Å². The molecule has 0 bridgehead atoms. The maximum absolute atomic E-state index is 5.70. The molecule has 0 amide bonds. The fraction of sp³-hybridized carbons (Fsp3) is 1.00. The first-order chi connectivity index (χ1) is 7.28. The third kappa shape index (κ3) is 2.69. The average Bonchev–Trinajstić information content (AvgIpc) is 2.24. The van der Waals surface area contributed by atoms with E-state index in [0.717, 1.165) is 31.9 Å². The van der Waals surface area contributed by atoms with E-state index >= 15 is 0 Å². The minimum atomic E-state index is 0.468. The molecule has 2 nitrogen and oxygen atoms in total. The summed E-state index contributed by atoms with van der Waals surface area (Å²) in [7, 11) is 0. The molecule has 0 aromatic carbocycles. The van der Waals surface area contributed by atoms with Gasteiger partial charge in [-0.05, 0) is 30.4 Å². The summed E-state index contributed by atoms with van der Waals surface area (Å²) in [6, 6.07) is 0. The fourth-order valence-electron chi connectivity index (χ4n) is 2.69. The molecule has 88 valence electrons. The lowest BCUT2D eigenvalue weighted by molar-refractivity contribution is -0.0487. The Kier molecular flexibility index (Phi) is 3.97. The van der Waals surface area contributed by atoms with Gasteiger partial charge in [0.05, 0.1) is 12.7 Å². The molecule has 0 radical (unpaired) electrons. The zero-order valence-electron chi connectivity index (χ0n) is 9.74. The van der Waals surface area contributed by atoms with E-state index in [2.05, 4.69) is 24.5 Å². The van der Waals surface area contributed by atoms with Crippen LogP contribution in [-0.4, -0.2) is 43.0 Å². The van der Waals surface area contributed by atoms with Crippen molar-refractivity contribution < 1.29 is 4.74 Å². The molecule has 2 fully saturated rings. The number of thiol groups is 1. The van der Waals surface area contributed by atoms with E-state index in [0.29, 0.717) is 11.5 Å². The molecule has 1 aliphatic heterocycles. The van der Waals surface area contributed by atoms with E-state index in [1.165, 1.54) is 25.8 Å². The van der Waals surface area contributed by atoms with Crippen molar-refractivity contribution in [2.45, 2.75) is 38.7 Å². The first kappa shape index (κ1) is 11.7. The van der Waals surface area contributed by atoms with Crippen molar-refractivity contribution in [1.82, 2.24) is 4.90 Å². The van der Waals surface area contributed by atoms with Crippen molar-refractivity contribution in [3.8, 4) is 0 Å². The van der Waals surface area contributed by atoms with Gasteiger partial charge in [-0.1, -0.05) is 13.3 Å². The second-order valence-corrected chi connectivity index (χ2v) is 5.46. The minimum absolute atomic E-state index is 0.468. The summed E-state index contributed by atoms with van der Waals surface area (Å²) in [5, 5.41) is 0. The van der Waals surface area contributed by atoms with Crippen LogP contribution in [0.5, 0.6) is 0 Å². The summed E-state index contributed by atoms with van der Waals surface area (Å²) < 4.78 is 5.70. The van der Waals surface area contributed by atoms with E-state index < -0.39 is 0 Å². The Labute approximate surface area is 98.8 Å². The molecule has 2 rings (SSSR count). The lowest BCUT2D eigenvalue weighted by atomic mass is 9.70. The Morgan fingerprint density at radius 3 is 2.80 bits per heavy atom. The number of rotatable bonds is 4.